The van der Waals surface area contributed by atoms with Crippen LogP contribution in [0.15, 0.2) is 6.33 Å². The third kappa shape index (κ3) is 3.11. The highest BCUT2D eigenvalue weighted by Crippen LogP contribution is 2.16. The van der Waals surface area contributed by atoms with Gasteiger partial charge in [0.25, 0.3) is 0 Å². The van der Waals surface area contributed by atoms with Crippen molar-refractivity contribution in [3.05, 3.63) is 12.2 Å². The van der Waals surface area contributed by atoms with Crippen LogP contribution < -0.4 is 15.4 Å². The van der Waals surface area contributed by atoms with Crippen LogP contribution in [0.5, 0.6) is 6.01 Å². The number of aryl methyl sites for hydroxylation is 1. The Morgan fingerprint density at radius 2 is 2.05 bits per heavy atom. The molecule has 1 unspecified atom stereocenters. The largest absolute Gasteiger partial charge is 0.464 e. The van der Waals surface area contributed by atoms with E-state index in [0.29, 0.717) is 18.5 Å². The first kappa shape index (κ1) is 14.0. The number of rotatable bonds is 6. The van der Waals surface area contributed by atoms with Crippen LogP contribution in [0.4, 0.5) is 11.9 Å². The summed E-state index contributed by atoms with van der Waals surface area (Å²) in [6, 6.07) is 0.184. The molecule has 0 aromatic carbocycles. The van der Waals surface area contributed by atoms with Gasteiger partial charge in [-0.25, -0.2) is 0 Å². The molecular weight excluding hydrogens is 260 g/mol. The van der Waals surface area contributed by atoms with E-state index >= 15 is 0 Å². The van der Waals surface area contributed by atoms with E-state index in [1.807, 2.05) is 25.5 Å². The van der Waals surface area contributed by atoms with Crippen LogP contribution in [0.3, 0.4) is 0 Å². The van der Waals surface area contributed by atoms with Gasteiger partial charge in [0.1, 0.15) is 6.33 Å². The minimum atomic E-state index is -0.0934. The van der Waals surface area contributed by atoms with Crippen molar-refractivity contribution in [1.82, 2.24) is 29.7 Å². The molecule has 9 nitrogen and oxygen atoms in total. The van der Waals surface area contributed by atoms with Crippen LogP contribution in [-0.4, -0.2) is 43.4 Å². The fourth-order valence-corrected chi connectivity index (χ4v) is 1.67. The quantitative estimate of drug-likeness (QED) is 0.792. The maximum atomic E-state index is 5.31. The summed E-state index contributed by atoms with van der Waals surface area (Å²) in [5.41, 5.74) is 0. The molecule has 0 fully saturated rings. The lowest BCUT2D eigenvalue weighted by Gasteiger charge is -2.13. The molecule has 20 heavy (non-hydrogen) atoms. The summed E-state index contributed by atoms with van der Waals surface area (Å²) >= 11 is 0. The molecule has 2 N–H and O–H groups in total. The van der Waals surface area contributed by atoms with E-state index in [-0.39, 0.29) is 12.1 Å². The molecular formula is C11H18N8O. The van der Waals surface area contributed by atoms with Crippen molar-refractivity contribution in [2.24, 2.45) is 7.05 Å². The second-order valence-electron chi connectivity index (χ2n) is 4.11. The van der Waals surface area contributed by atoms with Gasteiger partial charge >= 0.3 is 6.01 Å². The van der Waals surface area contributed by atoms with Gasteiger partial charge in [0, 0.05) is 14.1 Å². The number of hydrogen-bond donors (Lipinski definition) is 2. The molecule has 0 aliphatic carbocycles. The zero-order valence-corrected chi connectivity index (χ0v) is 12.0. The highest BCUT2D eigenvalue weighted by molar-refractivity contribution is 5.36. The summed E-state index contributed by atoms with van der Waals surface area (Å²) < 4.78 is 7.14. The van der Waals surface area contributed by atoms with Gasteiger partial charge in [0.15, 0.2) is 5.82 Å². The van der Waals surface area contributed by atoms with Gasteiger partial charge < -0.3 is 19.9 Å². The van der Waals surface area contributed by atoms with Crippen LogP contribution in [0, 0.1) is 0 Å². The normalized spacial score (nSPS) is 12.0. The number of anilines is 2. The third-order valence-corrected chi connectivity index (χ3v) is 2.59. The molecule has 0 spiro atoms. The lowest BCUT2D eigenvalue weighted by atomic mass is 10.3. The Balaban J connectivity index is 2.19. The van der Waals surface area contributed by atoms with Crippen LogP contribution >= 0.6 is 0 Å². The van der Waals surface area contributed by atoms with Crippen molar-refractivity contribution >= 4 is 11.9 Å². The van der Waals surface area contributed by atoms with Gasteiger partial charge in [-0.2, -0.15) is 15.0 Å². The molecule has 0 aliphatic heterocycles. The monoisotopic (exact) mass is 278 g/mol. The Morgan fingerprint density at radius 1 is 1.30 bits per heavy atom. The second-order valence-corrected chi connectivity index (χ2v) is 4.11. The average molecular weight is 278 g/mol. The smallest absolute Gasteiger partial charge is 0.323 e. The van der Waals surface area contributed by atoms with Crippen LogP contribution in [0.2, 0.25) is 0 Å². The van der Waals surface area contributed by atoms with Gasteiger partial charge in [-0.05, 0) is 13.8 Å². The predicted octanol–water partition coefficient (Wildman–Crippen LogP) is 0.614. The lowest BCUT2D eigenvalue weighted by molar-refractivity contribution is 0.312. The molecule has 2 heterocycles. The lowest BCUT2D eigenvalue weighted by Crippen LogP contribution is -2.15. The molecule has 0 saturated heterocycles. The van der Waals surface area contributed by atoms with E-state index in [1.54, 1.807) is 13.4 Å². The first-order valence-electron chi connectivity index (χ1n) is 6.31. The van der Waals surface area contributed by atoms with Crippen LogP contribution in [-0.2, 0) is 7.05 Å². The highest BCUT2D eigenvalue weighted by atomic mass is 16.5. The molecule has 1 atom stereocenters. The van der Waals surface area contributed by atoms with E-state index < -0.39 is 0 Å². The first-order chi connectivity index (χ1) is 9.63. The number of ether oxygens (including phenoxy) is 1. The third-order valence-electron chi connectivity index (χ3n) is 2.59. The summed E-state index contributed by atoms with van der Waals surface area (Å²) in [5, 5.41) is 13.9. The van der Waals surface area contributed by atoms with E-state index in [9.17, 15) is 0 Å². The van der Waals surface area contributed by atoms with Crippen molar-refractivity contribution in [2.45, 2.75) is 19.9 Å². The maximum Gasteiger partial charge on any atom is 0.323 e. The number of hydrogen-bond acceptors (Lipinski definition) is 8. The molecule has 0 radical (unpaired) electrons. The Morgan fingerprint density at radius 3 is 2.65 bits per heavy atom. The predicted molar refractivity (Wildman–Crippen MR) is 73.6 cm³/mol. The minimum absolute atomic E-state index is 0.0934. The Bertz CT molecular complexity index is 569. The van der Waals surface area contributed by atoms with Crippen molar-refractivity contribution in [2.75, 3.05) is 24.3 Å². The van der Waals surface area contributed by atoms with Crippen molar-refractivity contribution in [1.29, 1.82) is 0 Å². The van der Waals surface area contributed by atoms with Crippen LogP contribution in [0.25, 0.3) is 0 Å². The van der Waals surface area contributed by atoms with Crippen LogP contribution in [0.1, 0.15) is 25.7 Å². The molecule has 0 saturated carbocycles. The van der Waals surface area contributed by atoms with Gasteiger partial charge in [-0.3, -0.25) is 0 Å². The van der Waals surface area contributed by atoms with Gasteiger partial charge in [0.05, 0.1) is 12.6 Å². The van der Waals surface area contributed by atoms with Gasteiger partial charge in [0.2, 0.25) is 11.9 Å². The molecule has 108 valence electrons. The number of nitrogens with one attached hydrogen (secondary N) is 2. The maximum absolute atomic E-state index is 5.31. The van der Waals surface area contributed by atoms with E-state index in [1.165, 1.54) is 0 Å². The standard InChI is InChI=1S/C11H18N8O/c1-5-20-11-16-9(12-3)15-10(17-11)14-7(2)8-18-13-6-19(8)4/h6-7H,5H2,1-4H3,(H2,12,14,15,16,17). The Labute approximate surface area is 116 Å². The molecule has 0 aliphatic rings. The van der Waals surface area contributed by atoms with Crippen molar-refractivity contribution in [3.63, 3.8) is 0 Å². The number of nitrogens with zero attached hydrogens (tertiary/aromatic N) is 6. The number of aromatic nitrogens is 6. The molecule has 0 amide bonds. The SMILES string of the molecule is CCOc1nc(NC)nc(NC(C)c2nncn2C)n1. The molecule has 2 aromatic rings. The second kappa shape index (κ2) is 6.13. The fourth-order valence-electron chi connectivity index (χ4n) is 1.67. The minimum Gasteiger partial charge on any atom is -0.464 e. The van der Waals surface area contributed by atoms with E-state index in [4.69, 9.17) is 4.74 Å². The average Bonchev–Trinajstić information content (AvgIpc) is 2.85. The van der Waals surface area contributed by atoms with Crippen molar-refractivity contribution < 1.29 is 4.74 Å². The first-order valence-corrected chi connectivity index (χ1v) is 6.31. The summed E-state index contributed by atoms with van der Waals surface area (Å²) in [5.74, 6) is 1.65. The summed E-state index contributed by atoms with van der Waals surface area (Å²) in [7, 11) is 3.62. The van der Waals surface area contributed by atoms with Gasteiger partial charge in [-0.1, -0.05) is 0 Å². The zero-order valence-electron chi connectivity index (χ0n) is 12.0. The molecule has 2 aromatic heterocycles. The molecule has 2 rings (SSSR count). The van der Waals surface area contributed by atoms with E-state index in [0.717, 1.165) is 5.82 Å². The topological polar surface area (TPSA) is 103 Å². The molecule has 0 bridgehead atoms. The van der Waals surface area contributed by atoms with E-state index in [2.05, 4.69) is 35.8 Å². The van der Waals surface area contributed by atoms with Gasteiger partial charge in [-0.15, -0.1) is 10.2 Å². The Hall–Kier alpha value is -2.45. The summed E-state index contributed by atoms with van der Waals surface area (Å²) in [4.78, 5) is 12.5. The van der Waals surface area contributed by atoms with Crippen molar-refractivity contribution in [3.8, 4) is 6.01 Å². The highest BCUT2D eigenvalue weighted by Gasteiger charge is 2.14. The molecule has 9 heteroatoms. The zero-order chi connectivity index (χ0) is 14.5. The summed E-state index contributed by atoms with van der Waals surface area (Å²) in [6.45, 7) is 4.32. The Kier molecular flexibility index (Phi) is 4.28. The fraction of sp³-hybridized carbons (Fsp3) is 0.545. The summed E-state index contributed by atoms with van der Waals surface area (Å²) in [6.07, 6.45) is 1.64.